The van der Waals surface area contributed by atoms with Gasteiger partial charge in [0.25, 0.3) is 5.91 Å². The van der Waals surface area contributed by atoms with Crippen LogP contribution < -0.4 is 5.32 Å². The molecule has 0 heterocycles. The van der Waals surface area contributed by atoms with Crippen LogP contribution in [0.4, 0.5) is 4.39 Å². The highest BCUT2D eigenvalue weighted by molar-refractivity contribution is 8.00. The first-order valence-corrected chi connectivity index (χ1v) is 9.04. The third-order valence-electron chi connectivity index (χ3n) is 3.70. The van der Waals surface area contributed by atoms with Gasteiger partial charge in [-0.05, 0) is 25.0 Å². The van der Waals surface area contributed by atoms with Crippen LogP contribution in [-0.2, 0) is 14.3 Å². The second kappa shape index (κ2) is 8.16. The van der Waals surface area contributed by atoms with Gasteiger partial charge in [0, 0.05) is 16.5 Å². The van der Waals surface area contributed by atoms with E-state index >= 15 is 0 Å². The lowest BCUT2D eigenvalue weighted by molar-refractivity contribution is -0.154. The summed E-state index contributed by atoms with van der Waals surface area (Å²) in [4.78, 5) is 24.9. The van der Waals surface area contributed by atoms with Crippen molar-refractivity contribution in [2.45, 2.75) is 29.9 Å². The Morgan fingerprint density at radius 1 is 1.12 bits per heavy atom. The van der Waals surface area contributed by atoms with Crippen LogP contribution in [0.15, 0.2) is 59.5 Å². The highest BCUT2D eigenvalue weighted by atomic mass is 32.2. The van der Waals surface area contributed by atoms with E-state index < -0.39 is 12.1 Å². The second-order valence-electron chi connectivity index (χ2n) is 5.78. The Kier molecular flexibility index (Phi) is 5.71. The van der Waals surface area contributed by atoms with Crippen LogP contribution in [0.1, 0.15) is 24.5 Å². The molecule has 6 heteroatoms. The van der Waals surface area contributed by atoms with Gasteiger partial charge in [0.2, 0.25) is 6.10 Å². The van der Waals surface area contributed by atoms with Gasteiger partial charge in [-0.2, -0.15) is 0 Å². The molecule has 1 N–H and O–H groups in total. The maximum atomic E-state index is 13.6. The van der Waals surface area contributed by atoms with Crippen molar-refractivity contribution in [1.29, 1.82) is 0 Å². The van der Waals surface area contributed by atoms with Gasteiger partial charge < -0.3 is 10.1 Å². The van der Waals surface area contributed by atoms with E-state index in [1.807, 2.05) is 6.07 Å². The van der Waals surface area contributed by atoms with Gasteiger partial charge in [0.15, 0.2) is 0 Å². The number of rotatable bonds is 7. The Morgan fingerprint density at radius 2 is 1.80 bits per heavy atom. The van der Waals surface area contributed by atoms with Crippen molar-refractivity contribution in [3.8, 4) is 0 Å². The number of carbonyl (C=O) groups excluding carboxylic acids is 2. The largest absolute Gasteiger partial charge is 0.447 e. The number of ether oxygens (including phenoxy) is 1. The molecule has 1 aliphatic carbocycles. The lowest BCUT2D eigenvalue weighted by atomic mass is 10.1. The van der Waals surface area contributed by atoms with E-state index in [1.165, 1.54) is 6.07 Å². The summed E-state index contributed by atoms with van der Waals surface area (Å²) in [7, 11) is 0. The summed E-state index contributed by atoms with van der Waals surface area (Å²) in [5.74, 6) is -1.33. The standard InChI is InChI=1S/C19H18FNO3S/c20-15-8-4-5-9-16(15)25-12-17(22)24-18(13-6-2-1-3-7-13)19(23)21-14-10-11-14/h1-9,14,18H,10-12H2,(H,21,23)/t18-/m1/s1. The van der Waals surface area contributed by atoms with E-state index in [4.69, 9.17) is 4.74 Å². The molecule has 2 aromatic carbocycles. The average Bonchev–Trinajstić information content (AvgIpc) is 3.43. The maximum absolute atomic E-state index is 13.6. The van der Waals surface area contributed by atoms with E-state index in [2.05, 4.69) is 5.32 Å². The topological polar surface area (TPSA) is 55.4 Å². The van der Waals surface area contributed by atoms with Crippen LogP contribution in [0.3, 0.4) is 0 Å². The summed E-state index contributed by atoms with van der Waals surface area (Å²) >= 11 is 1.05. The van der Waals surface area contributed by atoms with Crippen molar-refractivity contribution in [1.82, 2.24) is 5.32 Å². The minimum Gasteiger partial charge on any atom is -0.447 e. The van der Waals surface area contributed by atoms with Gasteiger partial charge in [-0.1, -0.05) is 42.5 Å². The molecule has 0 unspecified atom stereocenters. The molecule has 0 aromatic heterocycles. The van der Waals surface area contributed by atoms with Gasteiger partial charge in [-0.3, -0.25) is 9.59 Å². The third-order valence-corrected chi connectivity index (χ3v) is 4.72. The number of esters is 1. The fraction of sp³-hybridized carbons (Fsp3) is 0.263. The molecule has 0 radical (unpaired) electrons. The lowest BCUT2D eigenvalue weighted by Crippen LogP contribution is -2.33. The molecule has 1 amide bonds. The zero-order valence-electron chi connectivity index (χ0n) is 13.5. The number of carbonyl (C=O) groups is 2. The Morgan fingerprint density at radius 3 is 2.48 bits per heavy atom. The third kappa shape index (κ3) is 5.06. The fourth-order valence-corrected chi connectivity index (χ4v) is 2.99. The Labute approximate surface area is 149 Å². The first kappa shape index (κ1) is 17.5. The van der Waals surface area contributed by atoms with Crippen LogP contribution in [0.2, 0.25) is 0 Å². The molecular weight excluding hydrogens is 341 g/mol. The van der Waals surface area contributed by atoms with Crippen LogP contribution >= 0.6 is 11.8 Å². The second-order valence-corrected chi connectivity index (χ2v) is 6.80. The summed E-state index contributed by atoms with van der Waals surface area (Å²) in [5, 5.41) is 2.86. The van der Waals surface area contributed by atoms with Crippen molar-refractivity contribution in [2.75, 3.05) is 5.75 Å². The van der Waals surface area contributed by atoms with Gasteiger partial charge >= 0.3 is 5.97 Å². The summed E-state index contributed by atoms with van der Waals surface area (Å²) in [6, 6.07) is 15.3. The molecule has 4 nitrogen and oxygen atoms in total. The molecule has 1 aliphatic rings. The van der Waals surface area contributed by atoms with Gasteiger partial charge in [0.1, 0.15) is 5.82 Å². The summed E-state index contributed by atoms with van der Waals surface area (Å²) in [6.45, 7) is 0. The summed E-state index contributed by atoms with van der Waals surface area (Å²) in [6.07, 6.45) is 0.907. The first-order valence-electron chi connectivity index (χ1n) is 8.05. The van der Waals surface area contributed by atoms with Crippen LogP contribution in [0.5, 0.6) is 0 Å². The van der Waals surface area contributed by atoms with Crippen molar-refractivity contribution in [3.63, 3.8) is 0 Å². The Balaban J connectivity index is 1.63. The first-order chi connectivity index (χ1) is 12.1. The van der Waals surface area contributed by atoms with Gasteiger partial charge in [0.05, 0.1) is 5.75 Å². The molecular formula is C19H18FNO3S. The van der Waals surface area contributed by atoms with Crippen LogP contribution in [0, 0.1) is 5.82 Å². The maximum Gasteiger partial charge on any atom is 0.317 e. The van der Waals surface area contributed by atoms with E-state index in [1.54, 1.807) is 42.5 Å². The Hall–Kier alpha value is -2.34. The number of nitrogens with one attached hydrogen (secondary N) is 1. The van der Waals surface area contributed by atoms with E-state index in [0.29, 0.717) is 10.5 Å². The van der Waals surface area contributed by atoms with Crippen LogP contribution in [-0.4, -0.2) is 23.7 Å². The van der Waals surface area contributed by atoms with Crippen LogP contribution in [0.25, 0.3) is 0 Å². The zero-order valence-corrected chi connectivity index (χ0v) is 14.3. The predicted octanol–water partition coefficient (Wildman–Crippen LogP) is 3.48. The van der Waals surface area contributed by atoms with Gasteiger partial charge in [-0.25, -0.2) is 4.39 Å². The molecule has 0 aliphatic heterocycles. The monoisotopic (exact) mass is 359 g/mol. The predicted molar refractivity (Wildman–Crippen MR) is 93.6 cm³/mol. The SMILES string of the molecule is O=C(CSc1ccccc1F)O[C@@H](C(=O)NC1CC1)c1ccccc1. The summed E-state index contributed by atoms with van der Waals surface area (Å²) in [5.41, 5.74) is 0.616. The molecule has 1 saturated carbocycles. The lowest BCUT2D eigenvalue weighted by Gasteiger charge is -2.18. The number of thioether (sulfide) groups is 1. The van der Waals surface area contributed by atoms with E-state index in [0.717, 1.165) is 24.6 Å². The highest BCUT2D eigenvalue weighted by Gasteiger charge is 2.30. The highest BCUT2D eigenvalue weighted by Crippen LogP contribution is 2.25. The number of amides is 1. The Bertz CT molecular complexity index is 749. The average molecular weight is 359 g/mol. The quantitative estimate of drug-likeness (QED) is 0.607. The fourth-order valence-electron chi connectivity index (χ4n) is 2.27. The minimum absolute atomic E-state index is 0.0685. The van der Waals surface area contributed by atoms with E-state index in [9.17, 15) is 14.0 Å². The van der Waals surface area contributed by atoms with Gasteiger partial charge in [-0.15, -0.1) is 11.8 Å². The van der Waals surface area contributed by atoms with Crippen molar-refractivity contribution in [2.24, 2.45) is 0 Å². The number of hydrogen-bond acceptors (Lipinski definition) is 4. The molecule has 130 valence electrons. The van der Waals surface area contributed by atoms with Crippen molar-refractivity contribution in [3.05, 3.63) is 66.0 Å². The normalized spacial score (nSPS) is 14.6. The number of hydrogen-bond donors (Lipinski definition) is 1. The van der Waals surface area contributed by atoms with E-state index in [-0.39, 0.29) is 23.5 Å². The molecule has 2 aromatic rings. The number of benzene rings is 2. The molecule has 3 rings (SSSR count). The smallest absolute Gasteiger partial charge is 0.317 e. The van der Waals surface area contributed by atoms with Crippen molar-refractivity contribution >= 4 is 23.6 Å². The zero-order chi connectivity index (χ0) is 17.6. The van der Waals surface area contributed by atoms with Crippen molar-refractivity contribution < 1.29 is 18.7 Å². The molecule has 0 spiro atoms. The minimum atomic E-state index is -0.990. The molecule has 25 heavy (non-hydrogen) atoms. The molecule has 0 saturated heterocycles. The summed E-state index contributed by atoms with van der Waals surface area (Å²) < 4.78 is 19.0. The molecule has 1 atom stereocenters. The molecule has 1 fully saturated rings. The number of halogens is 1. The molecule has 0 bridgehead atoms.